The molecule has 0 heterocycles. The van der Waals surface area contributed by atoms with Crippen LogP contribution in [0, 0.1) is 16.7 Å². The molecule has 0 aromatic carbocycles. The third kappa shape index (κ3) is 0.783. The van der Waals surface area contributed by atoms with Crippen molar-refractivity contribution in [3.63, 3.8) is 0 Å². The number of Topliss-reactive ketones (excluding diaryl/α,β-unsaturated/α-hetero) is 1. The molecule has 2 saturated carbocycles. The van der Waals surface area contributed by atoms with Crippen molar-refractivity contribution in [2.45, 2.75) is 33.1 Å². The summed E-state index contributed by atoms with van der Waals surface area (Å²) in [6.07, 6.45) is 3.36. The van der Waals surface area contributed by atoms with Crippen LogP contribution >= 0.6 is 11.6 Å². The second kappa shape index (κ2) is 2.25. The van der Waals surface area contributed by atoms with E-state index < -0.39 is 0 Å². The smallest absolute Gasteiger partial charge is 0.146 e. The van der Waals surface area contributed by atoms with E-state index in [1.54, 1.807) is 0 Å². The quantitative estimate of drug-likeness (QED) is 0.576. The van der Waals surface area contributed by atoms with E-state index in [1.807, 2.05) is 6.92 Å². The van der Waals surface area contributed by atoms with E-state index in [2.05, 4.69) is 6.92 Å². The van der Waals surface area contributed by atoms with Crippen LogP contribution in [-0.2, 0) is 4.79 Å². The number of hydrogen-bond acceptors (Lipinski definition) is 1. The number of hydrogen-bond donors (Lipinski definition) is 0. The van der Waals surface area contributed by atoms with Gasteiger partial charge in [-0.25, -0.2) is 0 Å². The molecule has 0 aromatic heterocycles. The summed E-state index contributed by atoms with van der Waals surface area (Å²) in [6, 6.07) is 0. The van der Waals surface area contributed by atoms with E-state index in [1.165, 1.54) is 6.42 Å². The summed E-state index contributed by atoms with van der Waals surface area (Å²) in [7, 11) is 0. The van der Waals surface area contributed by atoms with E-state index in [0.29, 0.717) is 17.6 Å². The third-order valence-corrected chi connectivity index (χ3v) is 4.54. The molecule has 0 amide bonds. The van der Waals surface area contributed by atoms with Gasteiger partial charge in [0.05, 0.1) is 0 Å². The first-order valence-corrected chi connectivity index (χ1v) is 5.17. The van der Waals surface area contributed by atoms with E-state index in [9.17, 15) is 4.79 Å². The Balaban J connectivity index is 2.38. The standard InChI is InChI=1S/C10H15ClO/c1-9-4-3-7(5-9)10(2,6-11)8(9)12/h7H,3-6H2,1-2H3/t7-,9+,10-/m0/s1. The molecular formula is C10H15ClO. The lowest BCUT2D eigenvalue weighted by Gasteiger charge is -2.32. The van der Waals surface area contributed by atoms with Gasteiger partial charge in [0, 0.05) is 16.7 Å². The van der Waals surface area contributed by atoms with E-state index in [4.69, 9.17) is 11.6 Å². The fraction of sp³-hybridized carbons (Fsp3) is 0.900. The molecule has 0 radical (unpaired) electrons. The van der Waals surface area contributed by atoms with Crippen molar-refractivity contribution in [2.24, 2.45) is 16.7 Å². The number of fused-ring (bicyclic) bond motifs is 2. The van der Waals surface area contributed by atoms with Gasteiger partial charge in [0.1, 0.15) is 5.78 Å². The minimum absolute atomic E-state index is 0.0195. The molecule has 2 heteroatoms. The maximum absolute atomic E-state index is 12.0. The second-order valence-corrected chi connectivity index (χ2v) is 5.15. The van der Waals surface area contributed by atoms with Crippen molar-refractivity contribution in [1.29, 1.82) is 0 Å². The highest BCUT2D eigenvalue weighted by atomic mass is 35.5. The van der Waals surface area contributed by atoms with E-state index in [-0.39, 0.29) is 10.8 Å². The van der Waals surface area contributed by atoms with Crippen LogP contribution in [-0.4, -0.2) is 11.7 Å². The molecule has 2 aliphatic rings. The predicted molar refractivity (Wildman–Crippen MR) is 49.3 cm³/mol. The van der Waals surface area contributed by atoms with Gasteiger partial charge in [-0.1, -0.05) is 13.8 Å². The van der Waals surface area contributed by atoms with E-state index >= 15 is 0 Å². The molecular weight excluding hydrogens is 172 g/mol. The Bertz CT molecular complexity index is 238. The molecule has 0 unspecified atom stereocenters. The summed E-state index contributed by atoms with van der Waals surface area (Å²) in [5, 5.41) is 0. The molecule has 3 atom stereocenters. The fourth-order valence-electron chi connectivity index (χ4n) is 3.04. The van der Waals surface area contributed by atoms with Gasteiger partial charge in [0.25, 0.3) is 0 Å². The Kier molecular flexibility index (Phi) is 1.61. The van der Waals surface area contributed by atoms with Crippen LogP contribution in [0.3, 0.4) is 0 Å². The summed E-state index contributed by atoms with van der Waals surface area (Å²) in [6.45, 7) is 4.14. The zero-order valence-electron chi connectivity index (χ0n) is 7.69. The van der Waals surface area contributed by atoms with Crippen LogP contribution in [0.2, 0.25) is 0 Å². The monoisotopic (exact) mass is 186 g/mol. The lowest BCUT2D eigenvalue weighted by atomic mass is 9.71. The highest BCUT2D eigenvalue weighted by Gasteiger charge is 2.60. The SMILES string of the molecule is C[C@@]12CC[C@@H](C1)[C@](C)(CCl)C2=O. The summed E-state index contributed by atoms with van der Waals surface area (Å²) in [5.41, 5.74) is -0.219. The third-order valence-electron chi connectivity index (χ3n) is 3.99. The molecule has 0 saturated heterocycles. The highest BCUT2D eigenvalue weighted by Crippen LogP contribution is 2.60. The molecule has 0 aliphatic heterocycles. The average Bonchev–Trinajstić information content (AvgIpc) is 2.52. The van der Waals surface area contributed by atoms with Crippen LogP contribution in [0.4, 0.5) is 0 Å². The Morgan fingerprint density at radius 3 is 2.58 bits per heavy atom. The van der Waals surface area contributed by atoms with Crippen molar-refractivity contribution in [3.8, 4) is 0 Å². The maximum Gasteiger partial charge on any atom is 0.146 e. The number of ketones is 1. The minimum Gasteiger partial charge on any atom is -0.298 e. The highest BCUT2D eigenvalue weighted by molar-refractivity contribution is 6.20. The number of carbonyl (C=O) groups is 1. The number of alkyl halides is 1. The zero-order chi connectivity index (χ0) is 8.98. The van der Waals surface area contributed by atoms with Crippen molar-refractivity contribution < 1.29 is 4.79 Å². The van der Waals surface area contributed by atoms with Crippen molar-refractivity contribution >= 4 is 17.4 Å². The Morgan fingerprint density at radius 1 is 1.58 bits per heavy atom. The number of carbonyl (C=O) groups excluding carboxylic acids is 1. The molecule has 2 rings (SSSR count). The normalized spacial score (nSPS) is 51.9. The van der Waals surface area contributed by atoms with Gasteiger partial charge in [-0.05, 0) is 25.2 Å². The first-order chi connectivity index (χ1) is 5.53. The van der Waals surface area contributed by atoms with Gasteiger partial charge >= 0.3 is 0 Å². The van der Waals surface area contributed by atoms with Crippen LogP contribution in [0.5, 0.6) is 0 Å². The lowest BCUT2D eigenvalue weighted by Crippen LogP contribution is -2.39. The summed E-state index contributed by atoms with van der Waals surface area (Å²) in [5.74, 6) is 1.49. The van der Waals surface area contributed by atoms with Gasteiger partial charge in [0.15, 0.2) is 0 Å². The first-order valence-electron chi connectivity index (χ1n) is 4.64. The van der Waals surface area contributed by atoms with Crippen LogP contribution in [0.25, 0.3) is 0 Å². The fourth-order valence-corrected chi connectivity index (χ4v) is 3.37. The van der Waals surface area contributed by atoms with Gasteiger partial charge < -0.3 is 0 Å². The molecule has 12 heavy (non-hydrogen) atoms. The van der Waals surface area contributed by atoms with Crippen molar-refractivity contribution in [3.05, 3.63) is 0 Å². The number of halogens is 1. The predicted octanol–water partition coefficient (Wildman–Crippen LogP) is 2.62. The molecule has 2 fully saturated rings. The topological polar surface area (TPSA) is 17.1 Å². The van der Waals surface area contributed by atoms with E-state index in [0.717, 1.165) is 12.8 Å². The largest absolute Gasteiger partial charge is 0.298 e. The lowest BCUT2D eigenvalue weighted by molar-refractivity contribution is -0.134. The average molecular weight is 187 g/mol. The van der Waals surface area contributed by atoms with Gasteiger partial charge in [0.2, 0.25) is 0 Å². The van der Waals surface area contributed by atoms with Gasteiger partial charge in [-0.3, -0.25) is 4.79 Å². The molecule has 1 nitrogen and oxygen atoms in total. The molecule has 68 valence electrons. The minimum atomic E-state index is -0.200. The van der Waals surface area contributed by atoms with Gasteiger partial charge in [-0.15, -0.1) is 11.6 Å². The first kappa shape index (κ1) is 8.55. The molecule has 2 aliphatic carbocycles. The van der Waals surface area contributed by atoms with Crippen LogP contribution in [0.1, 0.15) is 33.1 Å². The van der Waals surface area contributed by atoms with Crippen LogP contribution < -0.4 is 0 Å². The summed E-state index contributed by atoms with van der Waals surface area (Å²) >= 11 is 5.88. The van der Waals surface area contributed by atoms with Gasteiger partial charge in [-0.2, -0.15) is 0 Å². The molecule has 0 aromatic rings. The maximum atomic E-state index is 12.0. The Morgan fingerprint density at radius 2 is 2.25 bits per heavy atom. The number of rotatable bonds is 1. The molecule has 2 bridgehead atoms. The van der Waals surface area contributed by atoms with Crippen molar-refractivity contribution in [1.82, 2.24) is 0 Å². The molecule has 0 N–H and O–H groups in total. The van der Waals surface area contributed by atoms with Crippen LogP contribution in [0.15, 0.2) is 0 Å². The summed E-state index contributed by atoms with van der Waals surface area (Å²) < 4.78 is 0. The molecule has 0 spiro atoms. The Labute approximate surface area is 78.5 Å². The van der Waals surface area contributed by atoms with Crippen molar-refractivity contribution in [2.75, 3.05) is 5.88 Å². The second-order valence-electron chi connectivity index (χ2n) is 4.88. The zero-order valence-corrected chi connectivity index (χ0v) is 8.45. The Hall–Kier alpha value is -0.0400. The summed E-state index contributed by atoms with van der Waals surface area (Å²) in [4.78, 5) is 12.0.